The molecule has 27 nitrogen and oxygen atoms in total. The molecule has 3 heterocycles. The van der Waals surface area contributed by atoms with E-state index in [-0.39, 0.29) is 77.1 Å². The lowest BCUT2D eigenvalue weighted by Crippen LogP contribution is -2.60. The van der Waals surface area contributed by atoms with Crippen molar-refractivity contribution in [2.24, 2.45) is 39.4 Å². The van der Waals surface area contributed by atoms with Crippen LogP contribution in [0.3, 0.4) is 0 Å². The number of rotatable bonds is 25. The number of carbonyl (C=O) groups is 9. The van der Waals surface area contributed by atoms with E-state index in [4.69, 9.17) is 34.4 Å². The molecule has 0 aromatic heterocycles. The van der Waals surface area contributed by atoms with Crippen molar-refractivity contribution in [2.45, 2.75) is 152 Å². The molecular weight excluding hydrogens is 989 g/mol. The molecule has 1 aromatic carbocycles. The van der Waals surface area contributed by atoms with E-state index in [1.165, 1.54) is 17.9 Å². The molecule has 22 N–H and O–H groups in total. The molecule has 0 saturated carbocycles. The highest BCUT2D eigenvalue weighted by Gasteiger charge is 2.40. The van der Waals surface area contributed by atoms with Crippen LogP contribution in [0.4, 0.5) is 0 Å². The van der Waals surface area contributed by atoms with Crippen LogP contribution in [-0.4, -0.2) is 169 Å². The molecule has 0 radical (unpaired) electrons. The third kappa shape index (κ3) is 20.4. The normalized spacial score (nSPS) is 20.9. The number of aliphatic hydroxyl groups is 1. The first-order valence-corrected chi connectivity index (χ1v) is 25.8. The minimum Gasteiger partial charge on any atom is -0.477 e. The van der Waals surface area contributed by atoms with Gasteiger partial charge in [-0.15, -0.1) is 0 Å². The molecule has 0 aliphatic carbocycles. The summed E-state index contributed by atoms with van der Waals surface area (Å²) in [5.41, 5.74) is 35.0. The zero-order chi connectivity index (χ0) is 56.5. The maximum absolute atomic E-state index is 14.4. The number of fused-ring (bicyclic) bond motifs is 14. The second kappa shape index (κ2) is 32.0. The molecule has 4 rings (SSSR count). The highest BCUT2D eigenvalue weighted by molar-refractivity contribution is 5.99. The Morgan fingerprint density at radius 3 is 2.18 bits per heavy atom. The Morgan fingerprint density at radius 1 is 0.868 bits per heavy atom. The number of hydrogen-bond donors (Lipinski definition) is 16. The molecule has 424 valence electrons. The second-order valence-electron chi connectivity index (χ2n) is 19.4. The van der Waals surface area contributed by atoms with Gasteiger partial charge in [0.05, 0.1) is 24.2 Å². The lowest BCUT2D eigenvalue weighted by Gasteiger charge is -2.30. The predicted octanol–water partition coefficient (Wildman–Crippen LogP) is -4.95. The molecule has 2 bridgehead atoms. The second-order valence-corrected chi connectivity index (χ2v) is 19.4. The van der Waals surface area contributed by atoms with Crippen LogP contribution in [0.1, 0.15) is 103 Å². The van der Waals surface area contributed by atoms with Crippen LogP contribution >= 0.6 is 0 Å². The lowest BCUT2D eigenvalue weighted by molar-refractivity contribution is -0.142. The van der Waals surface area contributed by atoms with Crippen molar-refractivity contribution in [2.75, 3.05) is 45.8 Å². The summed E-state index contributed by atoms with van der Waals surface area (Å²) >= 11 is 0. The standard InChI is InChI=1S/C49H82N16O11/c1-28(58-45(73)39(37(66)26-53)63-41(69)31(54)11-4-6-20-50)40(68)57-27-38(67)59-33(13-8-22-52)46(74)65-24-10-15-36(65)44(72)62-35-25-29-16-18-30(19-17-29)49(2,3)64-48(55)56-23-9-14-34(47(75)76)61-42(70)32(60-43(35)71)12-5-7-21-51/h14,16-19,28,31-33,35-37,39,66H,4-13,15,20-27,50-54H2,1-3H3,(H,57,68)(H,58,73)(H,59,67)(H,60,71)(H,61,70)(H,62,72)(H,63,69)(H,75,76)(H3,55,56,64)/b34-14-/t28?,31-,32-,33+,35-,36-,37-,39-/m0/s1. The molecule has 8 atom stereocenters. The average Bonchev–Trinajstić information content (AvgIpc) is 3.88. The fourth-order valence-corrected chi connectivity index (χ4v) is 8.43. The van der Waals surface area contributed by atoms with Gasteiger partial charge >= 0.3 is 5.97 Å². The van der Waals surface area contributed by atoms with Gasteiger partial charge in [-0.25, -0.2) is 4.79 Å². The van der Waals surface area contributed by atoms with Crippen molar-refractivity contribution in [3.8, 4) is 0 Å². The summed E-state index contributed by atoms with van der Waals surface area (Å²) in [7, 11) is 0. The lowest BCUT2D eigenvalue weighted by atomic mass is 9.92. The van der Waals surface area contributed by atoms with Crippen LogP contribution in [0.2, 0.25) is 0 Å². The summed E-state index contributed by atoms with van der Waals surface area (Å²) in [6, 6.07) is -1.55. The van der Waals surface area contributed by atoms with Gasteiger partial charge in [-0.1, -0.05) is 36.8 Å². The number of benzene rings is 1. The molecule has 3 aliphatic rings. The number of carboxylic acids is 1. The minimum atomic E-state index is -1.56. The van der Waals surface area contributed by atoms with Crippen molar-refractivity contribution in [3.63, 3.8) is 0 Å². The molecule has 1 unspecified atom stereocenters. The summed E-state index contributed by atoms with van der Waals surface area (Å²) in [6.07, 6.45) is 3.08. The monoisotopic (exact) mass is 1070 g/mol. The number of aliphatic imine (C=N–C) groups is 1. The van der Waals surface area contributed by atoms with Crippen molar-refractivity contribution in [3.05, 3.63) is 47.2 Å². The zero-order valence-corrected chi connectivity index (χ0v) is 43.9. The molecule has 8 amide bonds. The first-order valence-electron chi connectivity index (χ1n) is 25.8. The number of carboxylic acid groups (broad SMARTS) is 1. The van der Waals surface area contributed by atoms with Gasteiger partial charge < -0.3 is 92.0 Å². The summed E-state index contributed by atoms with van der Waals surface area (Å²) in [6.45, 7) is 5.03. The topological polar surface area (TPSA) is 462 Å². The Labute approximate surface area is 443 Å². The van der Waals surface area contributed by atoms with E-state index < -0.39 is 126 Å². The Balaban J connectivity index is 1.82. The van der Waals surface area contributed by atoms with E-state index in [0.717, 1.165) is 5.56 Å². The number of aliphatic hydroxyl groups excluding tert-OH is 1. The fraction of sp³-hybridized carbons (Fsp3) is 0.633. The Kier molecular flexibility index (Phi) is 26.7. The van der Waals surface area contributed by atoms with Crippen molar-refractivity contribution < 1.29 is 53.4 Å². The summed E-state index contributed by atoms with van der Waals surface area (Å²) in [4.78, 5) is 127. The number of aliphatic carboxylic acids is 1. The summed E-state index contributed by atoms with van der Waals surface area (Å²) < 4.78 is 0. The van der Waals surface area contributed by atoms with Crippen molar-refractivity contribution >= 4 is 59.2 Å². The first-order chi connectivity index (χ1) is 36.1. The maximum Gasteiger partial charge on any atom is 0.352 e. The Bertz CT molecular complexity index is 2210. The smallest absolute Gasteiger partial charge is 0.352 e. The van der Waals surface area contributed by atoms with E-state index in [1.807, 2.05) is 26.0 Å². The molecule has 27 heteroatoms. The number of carbonyl (C=O) groups excluding carboxylic acids is 8. The first kappa shape index (κ1) is 63.5. The summed E-state index contributed by atoms with van der Waals surface area (Å²) in [5.74, 6) is -7.52. The van der Waals surface area contributed by atoms with Crippen LogP contribution in [0.25, 0.3) is 0 Å². The molecular formula is C49H82N16O11. The molecule has 3 aliphatic heterocycles. The number of nitrogens with one attached hydrogen (secondary N) is 8. The van der Waals surface area contributed by atoms with E-state index in [2.05, 4.69) is 47.5 Å². The number of nitrogens with two attached hydrogens (primary N) is 6. The molecule has 1 fully saturated rings. The molecule has 1 aromatic rings. The molecule has 0 spiro atoms. The highest BCUT2D eigenvalue weighted by atomic mass is 16.4. The van der Waals surface area contributed by atoms with Crippen LogP contribution < -0.4 is 76.9 Å². The third-order valence-corrected chi connectivity index (χ3v) is 12.9. The van der Waals surface area contributed by atoms with Gasteiger partial charge in [-0.3, -0.25) is 43.3 Å². The van der Waals surface area contributed by atoms with Gasteiger partial charge in [0.1, 0.15) is 41.9 Å². The van der Waals surface area contributed by atoms with Crippen LogP contribution in [0.15, 0.2) is 41.0 Å². The Morgan fingerprint density at radius 2 is 1.54 bits per heavy atom. The van der Waals surface area contributed by atoms with Crippen LogP contribution in [-0.2, 0) is 55.1 Å². The van der Waals surface area contributed by atoms with Gasteiger partial charge in [0.2, 0.25) is 47.3 Å². The predicted molar refractivity (Wildman–Crippen MR) is 281 cm³/mol. The van der Waals surface area contributed by atoms with Gasteiger partial charge in [0.15, 0.2) is 5.96 Å². The van der Waals surface area contributed by atoms with E-state index >= 15 is 0 Å². The quantitative estimate of drug-likeness (QED) is 0.0408. The van der Waals surface area contributed by atoms with Gasteiger partial charge in [-0.05, 0) is 116 Å². The van der Waals surface area contributed by atoms with Gasteiger partial charge in [0, 0.05) is 26.1 Å². The summed E-state index contributed by atoms with van der Waals surface area (Å²) in [5, 5.41) is 41.2. The molecule has 76 heavy (non-hydrogen) atoms. The number of guanidine groups is 1. The van der Waals surface area contributed by atoms with Crippen molar-refractivity contribution in [1.29, 1.82) is 0 Å². The van der Waals surface area contributed by atoms with Gasteiger partial charge in [-0.2, -0.15) is 0 Å². The Hall–Kier alpha value is -6.78. The average molecular weight is 1070 g/mol. The zero-order valence-electron chi connectivity index (χ0n) is 43.9. The SMILES string of the molecule is CC(NC(=O)[C@@H](NC(=O)[C@@H](N)CCCCN)[C@@H](O)CN)C(=O)NCC(=O)N[C@H](CCCN)C(=O)N1CCC[C@H]1C(=O)N[C@H]1Cc2ccc(cc2)C(C)(C)NC(N)=NCC/C=C(/C(=O)O)NC(=O)[C@H](CCCCN)NC1=O. The van der Waals surface area contributed by atoms with E-state index in [1.54, 1.807) is 12.1 Å². The highest BCUT2D eigenvalue weighted by Crippen LogP contribution is 2.23. The maximum atomic E-state index is 14.4. The van der Waals surface area contributed by atoms with Crippen LogP contribution in [0, 0.1) is 0 Å². The van der Waals surface area contributed by atoms with Crippen molar-refractivity contribution in [1.82, 2.24) is 47.4 Å². The van der Waals surface area contributed by atoms with Crippen LogP contribution in [0.5, 0.6) is 0 Å². The third-order valence-electron chi connectivity index (χ3n) is 12.9. The largest absolute Gasteiger partial charge is 0.477 e. The number of likely N-dealkylation sites (tertiary alicyclic amines) is 1. The van der Waals surface area contributed by atoms with Gasteiger partial charge in [0.25, 0.3) is 0 Å². The fourth-order valence-electron chi connectivity index (χ4n) is 8.43. The minimum absolute atomic E-state index is 0.0543. The number of unbranched alkanes of at least 4 members (excludes halogenated alkanes) is 2. The molecule has 1 saturated heterocycles. The number of nitrogens with zero attached hydrogens (tertiary/aromatic N) is 2. The number of amides is 8. The van der Waals surface area contributed by atoms with E-state index in [0.29, 0.717) is 44.2 Å². The van der Waals surface area contributed by atoms with E-state index in [9.17, 15) is 53.4 Å². The number of hydrogen-bond acceptors (Lipinski definition) is 18.